The van der Waals surface area contributed by atoms with E-state index in [2.05, 4.69) is 38.0 Å². The molecule has 0 saturated heterocycles. The van der Waals surface area contributed by atoms with Crippen LogP contribution in [-0.4, -0.2) is 33.5 Å². The van der Waals surface area contributed by atoms with Crippen LogP contribution in [0, 0.1) is 0 Å². The lowest BCUT2D eigenvalue weighted by molar-refractivity contribution is -0.113. The summed E-state index contributed by atoms with van der Waals surface area (Å²) in [6.07, 6.45) is 1.40. The van der Waals surface area contributed by atoms with Crippen LogP contribution in [-0.2, 0) is 11.3 Å². The Morgan fingerprint density at radius 2 is 2.03 bits per heavy atom. The molecule has 0 bridgehead atoms. The Morgan fingerprint density at radius 3 is 2.77 bits per heavy atom. The van der Waals surface area contributed by atoms with E-state index in [-0.39, 0.29) is 17.8 Å². The van der Waals surface area contributed by atoms with Gasteiger partial charge in [0, 0.05) is 22.8 Å². The van der Waals surface area contributed by atoms with Crippen LogP contribution in [0.2, 0.25) is 0 Å². The number of methoxy groups -OCH3 is 1. The Kier molecular flexibility index (Phi) is 8.13. The first-order chi connectivity index (χ1) is 15.0. The standard InChI is InChI=1S/C22H23BrN4O3S/c1-4-11-27-21(15(2)30-19-10-6-9-18(13-19)29-3)25-26-22(27)31-14-20(28)24-17-8-5-7-16(23)12-17/h4-10,12-13,15H,1,11,14H2,2-3H3,(H,24,28). The predicted molar refractivity (Wildman–Crippen MR) is 126 cm³/mol. The maximum atomic E-state index is 12.3. The summed E-state index contributed by atoms with van der Waals surface area (Å²) < 4.78 is 14.1. The Bertz CT molecular complexity index is 1060. The Balaban J connectivity index is 1.67. The summed E-state index contributed by atoms with van der Waals surface area (Å²) in [5.41, 5.74) is 0.730. The molecule has 1 amide bonds. The molecule has 1 unspecified atom stereocenters. The van der Waals surface area contributed by atoms with Crippen molar-refractivity contribution in [2.45, 2.75) is 24.7 Å². The highest BCUT2D eigenvalue weighted by atomic mass is 79.9. The molecule has 162 valence electrons. The monoisotopic (exact) mass is 502 g/mol. The van der Waals surface area contributed by atoms with Gasteiger partial charge in [-0.2, -0.15) is 0 Å². The highest BCUT2D eigenvalue weighted by Gasteiger charge is 2.20. The molecule has 3 rings (SSSR count). The molecule has 0 saturated carbocycles. The number of benzene rings is 2. The number of amides is 1. The van der Waals surface area contributed by atoms with E-state index in [0.29, 0.717) is 29.0 Å². The van der Waals surface area contributed by atoms with Gasteiger partial charge in [0.05, 0.1) is 12.9 Å². The molecule has 31 heavy (non-hydrogen) atoms. The van der Waals surface area contributed by atoms with Gasteiger partial charge in [0.2, 0.25) is 5.91 Å². The third-order valence-electron chi connectivity index (χ3n) is 4.22. The largest absolute Gasteiger partial charge is 0.497 e. The van der Waals surface area contributed by atoms with Gasteiger partial charge in [0.1, 0.15) is 11.5 Å². The van der Waals surface area contributed by atoms with Gasteiger partial charge in [0.15, 0.2) is 17.1 Å². The average molecular weight is 503 g/mol. The number of hydrogen-bond donors (Lipinski definition) is 1. The molecule has 0 aliphatic heterocycles. The van der Waals surface area contributed by atoms with Crippen molar-refractivity contribution in [3.63, 3.8) is 0 Å². The fourth-order valence-corrected chi connectivity index (χ4v) is 3.99. The summed E-state index contributed by atoms with van der Waals surface area (Å²) >= 11 is 4.71. The number of nitrogens with one attached hydrogen (secondary N) is 1. The van der Waals surface area contributed by atoms with Crippen LogP contribution in [0.5, 0.6) is 11.5 Å². The lowest BCUT2D eigenvalue weighted by Crippen LogP contribution is -2.15. The first-order valence-electron chi connectivity index (χ1n) is 9.53. The molecule has 1 aromatic heterocycles. The highest BCUT2D eigenvalue weighted by Crippen LogP contribution is 2.27. The molecule has 1 N–H and O–H groups in total. The first kappa shape index (κ1) is 22.9. The maximum absolute atomic E-state index is 12.3. The van der Waals surface area contributed by atoms with E-state index in [1.165, 1.54) is 11.8 Å². The molecule has 0 radical (unpaired) electrons. The first-order valence-corrected chi connectivity index (χ1v) is 11.3. The van der Waals surface area contributed by atoms with Gasteiger partial charge in [-0.15, -0.1) is 16.8 Å². The van der Waals surface area contributed by atoms with E-state index >= 15 is 0 Å². The number of anilines is 1. The van der Waals surface area contributed by atoms with Crippen molar-refractivity contribution in [2.75, 3.05) is 18.2 Å². The molecule has 9 heteroatoms. The number of carbonyl (C=O) groups is 1. The lowest BCUT2D eigenvalue weighted by Gasteiger charge is -2.16. The second kappa shape index (κ2) is 11.0. The molecular formula is C22H23BrN4O3S. The van der Waals surface area contributed by atoms with E-state index < -0.39 is 0 Å². The second-order valence-corrected chi connectivity index (χ2v) is 8.38. The molecular weight excluding hydrogens is 480 g/mol. The van der Waals surface area contributed by atoms with Gasteiger partial charge in [-0.05, 0) is 37.3 Å². The zero-order chi connectivity index (χ0) is 22.2. The van der Waals surface area contributed by atoms with Crippen molar-refractivity contribution in [2.24, 2.45) is 0 Å². The lowest BCUT2D eigenvalue weighted by atomic mass is 10.3. The molecule has 2 aromatic carbocycles. The smallest absolute Gasteiger partial charge is 0.234 e. The quantitative estimate of drug-likeness (QED) is 0.306. The minimum atomic E-state index is -0.357. The number of halogens is 1. The van der Waals surface area contributed by atoms with Gasteiger partial charge in [-0.1, -0.05) is 45.9 Å². The number of carbonyl (C=O) groups excluding carboxylic acids is 1. The van der Waals surface area contributed by atoms with Crippen molar-refractivity contribution >= 4 is 39.3 Å². The average Bonchev–Trinajstić information content (AvgIpc) is 3.15. The van der Waals surface area contributed by atoms with Crippen molar-refractivity contribution in [3.8, 4) is 11.5 Å². The van der Waals surface area contributed by atoms with Gasteiger partial charge in [-0.3, -0.25) is 9.36 Å². The van der Waals surface area contributed by atoms with Crippen LogP contribution in [0.25, 0.3) is 0 Å². The van der Waals surface area contributed by atoms with Gasteiger partial charge in [-0.25, -0.2) is 0 Å². The Hall–Kier alpha value is -2.78. The molecule has 3 aromatic rings. The Labute approximate surface area is 194 Å². The number of thioether (sulfide) groups is 1. The maximum Gasteiger partial charge on any atom is 0.234 e. The van der Waals surface area contributed by atoms with Crippen LogP contribution in [0.4, 0.5) is 5.69 Å². The van der Waals surface area contributed by atoms with Crippen LogP contribution < -0.4 is 14.8 Å². The summed E-state index contributed by atoms with van der Waals surface area (Å²) in [6, 6.07) is 14.8. The normalized spacial score (nSPS) is 11.6. The number of nitrogens with zero attached hydrogens (tertiary/aromatic N) is 3. The predicted octanol–water partition coefficient (Wildman–Crippen LogP) is 5.11. The zero-order valence-electron chi connectivity index (χ0n) is 17.2. The summed E-state index contributed by atoms with van der Waals surface area (Å²) in [7, 11) is 1.61. The number of aromatic nitrogens is 3. The van der Waals surface area contributed by atoms with Crippen molar-refractivity contribution < 1.29 is 14.3 Å². The van der Waals surface area contributed by atoms with Crippen molar-refractivity contribution in [3.05, 3.63) is 71.5 Å². The zero-order valence-corrected chi connectivity index (χ0v) is 19.6. The number of allylic oxidation sites excluding steroid dienone is 1. The van der Waals surface area contributed by atoms with Crippen LogP contribution in [0.15, 0.2) is 70.8 Å². The number of rotatable bonds is 10. The number of hydrogen-bond acceptors (Lipinski definition) is 6. The molecule has 0 aliphatic carbocycles. The van der Waals surface area contributed by atoms with Crippen molar-refractivity contribution in [1.29, 1.82) is 0 Å². The fraction of sp³-hybridized carbons (Fsp3) is 0.227. The van der Waals surface area contributed by atoms with Gasteiger partial charge >= 0.3 is 0 Å². The van der Waals surface area contributed by atoms with E-state index in [1.54, 1.807) is 13.2 Å². The summed E-state index contributed by atoms with van der Waals surface area (Å²) in [6.45, 7) is 6.22. The minimum absolute atomic E-state index is 0.126. The molecule has 1 atom stereocenters. The molecule has 0 aliphatic rings. The van der Waals surface area contributed by atoms with Crippen molar-refractivity contribution in [1.82, 2.24) is 14.8 Å². The van der Waals surface area contributed by atoms with Crippen LogP contribution in [0.1, 0.15) is 18.9 Å². The molecule has 0 spiro atoms. The minimum Gasteiger partial charge on any atom is -0.497 e. The molecule has 1 heterocycles. The second-order valence-electron chi connectivity index (χ2n) is 6.53. The summed E-state index contributed by atoms with van der Waals surface area (Å²) in [5, 5.41) is 12.1. The third-order valence-corrected chi connectivity index (χ3v) is 5.68. The van der Waals surface area contributed by atoms with E-state index in [1.807, 2.05) is 60.0 Å². The summed E-state index contributed by atoms with van der Waals surface area (Å²) in [4.78, 5) is 12.3. The Morgan fingerprint density at radius 1 is 1.26 bits per heavy atom. The summed E-state index contributed by atoms with van der Waals surface area (Å²) in [5.74, 6) is 2.11. The van der Waals surface area contributed by atoms with E-state index in [9.17, 15) is 4.79 Å². The topological polar surface area (TPSA) is 78.3 Å². The van der Waals surface area contributed by atoms with Crippen LogP contribution >= 0.6 is 27.7 Å². The number of ether oxygens (including phenoxy) is 2. The third kappa shape index (κ3) is 6.35. The fourth-order valence-electron chi connectivity index (χ4n) is 2.83. The SMILES string of the molecule is C=CCn1c(SCC(=O)Nc2cccc(Br)c2)nnc1C(C)Oc1cccc(OC)c1. The van der Waals surface area contributed by atoms with E-state index in [4.69, 9.17) is 9.47 Å². The van der Waals surface area contributed by atoms with Gasteiger partial charge in [0.25, 0.3) is 0 Å². The van der Waals surface area contributed by atoms with E-state index in [0.717, 1.165) is 10.2 Å². The van der Waals surface area contributed by atoms with Crippen LogP contribution in [0.3, 0.4) is 0 Å². The van der Waals surface area contributed by atoms with Gasteiger partial charge < -0.3 is 14.8 Å². The molecule has 0 fully saturated rings. The molecule has 7 nitrogen and oxygen atoms in total. The highest BCUT2D eigenvalue weighted by molar-refractivity contribution is 9.10.